The fraction of sp³-hybridized carbons (Fsp3) is 0.308. The lowest BCUT2D eigenvalue weighted by molar-refractivity contribution is -0.137. The first kappa shape index (κ1) is 13.6. The Labute approximate surface area is 108 Å². The summed E-state index contributed by atoms with van der Waals surface area (Å²) in [6, 6.07) is 5.25. The second-order valence-electron chi connectivity index (χ2n) is 4.34. The molecular formula is C13H14F3N3. The van der Waals surface area contributed by atoms with E-state index >= 15 is 0 Å². The smallest absolute Gasteiger partial charge is 0.326 e. The molecule has 0 spiro atoms. The lowest BCUT2D eigenvalue weighted by Gasteiger charge is -2.08. The Balaban J connectivity index is 2.23. The van der Waals surface area contributed by atoms with E-state index in [1.165, 1.54) is 6.07 Å². The van der Waals surface area contributed by atoms with Gasteiger partial charge in [0.25, 0.3) is 0 Å². The van der Waals surface area contributed by atoms with Gasteiger partial charge >= 0.3 is 6.18 Å². The third-order valence-corrected chi connectivity index (χ3v) is 2.87. The van der Waals surface area contributed by atoms with E-state index in [0.717, 1.165) is 23.4 Å². The van der Waals surface area contributed by atoms with E-state index < -0.39 is 11.7 Å². The Kier molecular flexibility index (Phi) is 3.61. The molecule has 0 aliphatic heterocycles. The van der Waals surface area contributed by atoms with Gasteiger partial charge in [0.2, 0.25) is 0 Å². The van der Waals surface area contributed by atoms with Crippen molar-refractivity contribution in [2.45, 2.75) is 26.2 Å². The molecule has 0 saturated heterocycles. The van der Waals surface area contributed by atoms with Gasteiger partial charge in [-0.3, -0.25) is 4.68 Å². The summed E-state index contributed by atoms with van der Waals surface area (Å²) in [6.07, 6.45) is -2.56. The van der Waals surface area contributed by atoms with Crippen LogP contribution < -0.4 is 5.73 Å². The summed E-state index contributed by atoms with van der Waals surface area (Å²) < 4.78 is 39.4. The van der Waals surface area contributed by atoms with Crippen LogP contribution in [-0.2, 0) is 19.3 Å². The number of aryl methyl sites for hydroxylation is 1. The summed E-state index contributed by atoms with van der Waals surface area (Å²) in [6.45, 7) is 2.49. The number of benzene rings is 1. The topological polar surface area (TPSA) is 43.8 Å². The average molecular weight is 269 g/mol. The predicted octanol–water partition coefficient (Wildman–Crippen LogP) is 2.72. The summed E-state index contributed by atoms with van der Waals surface area (Å²) in [4.78, 5) is 0. The van der Waals surface area contributed by atoms with Crippen LogP contribution in [0.15, 0.2) is 30.5 Å². The third kappa shape index (κ3) is 3.14. The van der Waals surface area contributed by atoms with Crippen molar-refractivity contribution in [3.8, 4) is 0 Å². The van der Waals surface area contributed by atoms with E-state index in [-0.39, 0.29) is 0 Å². The van der Waals surface area contributed by atoms with Crippen molar-refractivity contribution in [1.82, 2.24) is 9.78 Å². The summed E-state index contributed by atoms with van der Waals surface area (Å²) in [5.74, 6) is 0. The van der Waals surface area contributed by atoms with E-state index in [9.17, 15) is 13.2 Å². The van der Waals surface area contributed by atoms with Crippen molar-refractivity contribution >= 4 is 0 Å². The molecule has 0 radical (unpaired) electrons. The van der Waals surface area contributed by atoms with Crippen molar-refractivity contribution < 1.29 is 13.2 Å². The number of aromatic nitrogens is 2. The van der Waals surface area contributed by atoms with Crippen molar-refractivity contribution in [1.29, 1.82) is 0 Å². The third-order valence-electron chi connectivity index (χ3n) is 2.87. The van der Waals surface area contributed by atoms with Gasteiger partial charge in [-0.2, -0.15) is 18.3 Å². The van der Waals surface area contributed by atoms with Crippen molar-refractivity contribution in [3.63, 3.8) is 0 Å². The van der Waals surface area contributed by atoms with Gasteiger partial charge in [0.15, 0.2) is 0 Å². The summed E-state index contributed by atoms with van der Waals surface area (Å²) in [7, 11) is 0. The Morgan fingerprint density at radius 3 is 2.63 bits per heavy atom. The monoisotopic (exact) mass is 269 g/mol. The van der Waals surface area contributed by atoms with Crippen molar-refractivity contribution in [3.05, 3.63) is 52.8 Å². The van der Waals surface area contributed by atoms with Crippen LogP contribution in [0.3, 0.4) is 0 Å². The number of nitrogens with two attached hydrogens (primary N) is 1. The second-order valence-corrected chi connectivity index (χ2v) is 4.34. The molecule has 0 fully saturated rings. The number of hydrogen-bond donors (Lipinski definition) is 1. The van der Waals surface area contributed by atoms with Crippen LogP contribution in [0.4, 0.5) is 13.2 Å². The van der Waals surface area contributed by atoms with E-state index in [0.29, 0.717) is 18.7 Å². The minimum Gasteiger partial charge on any atom is -0.326 e. The van der Waals surface area contributed by atoms with Gasteiger partial charge in [-0.25, -0.2) is 0 Å². The molecule has 0 bridgehead atoms. The highest BCUT2D eigenvalue weighted by atomic mass is 19.4. The van der Waals surface area contributed by atoms with Crippen LogP contribution in [-0.4, -0.2) is 9.78 Å². The number of hydrogen-bond acceptors (Lipinski definition) is 2. The molecule has 1 heterocycles. The highest BCUT2D eigenvalue weighted by Gasteiger charge is 2.30. The van der Waals surface area contributed by atoms with Gasteiger partial charge in [-0.15, -0.1) is 0 Å². The molecule has 6 heteroatoms. The Bertz CT molecular complexity index is 573. The van der Waals surface area contributed by atoms with Gasteiger partial charge in [0.05, 0.1) is 17.8 Å². The maximum atomic E-state index is 12.6. The molecule has 19 heavy (non-hydrogen) atoms. The van der Waals surface area contributed by atoms with Gasteiger partial charge < -0.3 is 5.73 Å². The normalized spacial score (nSPS) is 11.8. The average Bonchev–Trinajstić information content (AvgIpc) is 2.68. The Morgan fingerprint density at radius 2 is 2.05 bits per heavy atom. The van der Waals surface area contributed by atoms with E-state index in [4.69, 9.17) is 5.73 Å². The SMILES string of the molecule is Cc1nn(Cc2cccc(C(F)(F)F)c2)cc1CN. The molecule has 1 aromatic heterocycles. The van der Waals surface area contributed by atoms with Gasteiger partial charge in [0.1, 0.15) is 0 Å². The molecule has 0 saturated carbocycles. The molecule has 3 nitrogen and oxygen atoms in total. The van der Waals surface area contributed by atoms with E-state index in [2.05, 4.69) is 5.10 Å². The van der Waals surface area contributed by atoms with Crippen molar-refractivity contribution in [2.75, 3.05) is 0 Å². The van der Waals surface area contributed by atoms with Crippen LogP contribution in [0.2, 0.25) is 0 Å². The fourth-order valence-corrected chi connectivity index (χ4v) is 1.87. The molecule has 2 aromatic rings. The predicted molar refractivity (Wildman–Crippen MR) is 65.4 cm³/mol. The highest BCUT2D eigenvalue weighted by Crippen LogP contribution is 2.29. The molecule has 0 aliphatic carbocycles. The zero-order chi connectivity index (χ0) is 14.0. The second kappa shape index (κ2) is 5.05. The number of halogens is 3. The number of nitrogens with zero attached hydrogens (tertiary/aromatic N) is 2. The fourth-order valence-electron chi connectivity index (χ4n) is 1.87. The molecule has 0 aliphatic rings. The van der Waals surface area contributed by atoms with Crippen molar-refractivity contribution in [2.24, 2.45) is 5.73 Å². The van der Waals surface area contributed by atoms with Crippen LogP contribution >= 0.6 is 0 Å². The standard InChI is InChI=1S/C13H14F3N3/c1-9-11(6-17)8-19(18-9)7-10-3-2-4-12(5-10)13(14,15)16/h2-5,8H,6-7,17H2,1H3. The van der Waals surface area contributed by atoms with Crippen LogP contribution in [0, 0.1) is 6.92 Å². The maximum absolute atomic E-state index is 12.6. The first-order valence-corrected chi connectivity index (χ1v) is 5.79. The van der Waals surface area contributed by atoms with Crippen LogP contribution in [0.25, 0.3) is 0 Å². The first-order valence-electron chi connectivity index (χ1n) is 5.79. The molecule has 2 N–H and O–H groups in total. The van der Waals surface area contributed by atoms with Gasteiger partial charge in [0, 0.05) is 18.3 Å². The lowest BCUT2D eigenvalue weighted by atomic mass is 10.1. The van der Waals surface area contributed by atoms with E-state index in [1.807, 2.05) is 6.92 Å². The minimum atomic E-state index is -4.32. The molecule has 0 amide bonds. The molecule has 0 atom stereocenters. The molecule has 1 aromatic carbocycles. The molecular weight excluding hydrogens is 255 g/mol. The zero-order valence-electron chi connectivity index (χ0n) is 10.4. The summed E-state index contributed by atoms with van der Waals surface area (Å²) >= 11 is 0. The van der Waals surface area contributed by atoms with E-state index in [1.54, 1.807) is 16.9 Å². The van der Waals surface area contributed by atoms with Crippen LogP contribution in [0.5, 0.6) is 0 Å². The van der Waals surface area contributed by atoms with Gasteiger partial charge in [-0.1, -0.05) is 12.1 Å². The lowest BCUT2D eigenvalue weighted by Crippen LogP contribution is -2.07. The largest absolute Gasteiger partial charge is 0.416 e. The highest BCUT2D eigenvalue weighted by molar-refractivity contribution is 5.26. The van der Waals surface area contributed by atoms with Crippen LogP contribution in [0.1, 0.15) is 22.4 Å². The Hall–Kier alpha value is -1.82. The molecule has 2 rings (SSSR count). The quantitative estimate of drug-likeness (QED) is 0.931. The van der Waals surface area contributed by atoms with Gasteiger partial charge in [-0.05, 0) is 24.6 Å². The molecule has 102 valence electrons. The molecule has 0 unspecified atom stereocenters. The number of alkyl halides is 3. The summed E-state index contributed by atoms with van der Waals surface area (Å²) in [5.41, 5.74) is 7.14. The summed E-state index contributed by atoms with van der Waals surface area (Å²) in [5, 5.41) is 4.22. The number of rotatable bonds is 3. The first-order chi connectivity index (χ1) is 8.90. The minimum absolute atomic E-state index is 0.296. The Morgan fingerprint density at radius 1 is 1.32 bits per heavy atom. The maximum Gasteiger partial charge on any atom is 0.416 e. The zero-order valence-corrected chi connectivity index (χ0v) is 10.4.